The van der Waals surface area contributed by atoms with Crippen LogP contribution in [0.15, 0.2) is 48.8 Å². The van der Waals surface area contributed by atoms with Gasteiger partial charge in [0.25, 0.3) is 0 Å². The lowest BCUT2D eigenvalue weighted by Crippen LogP contribution is -2.46. The Morgan fingerprint density at radius 2 is 1.90 bits per heavy atom. The lowest BCUT2D eigenvalue weighted by atomic mass is 9.93. The Hall–Kier alpha value is -2.89. The molecule has 1 aliphatic heterocycles. The number of aromatic carboxylic acids is 1. The Balaban J connectivity index is 1.84. The zero-order valence-electron chi connectivity index (χ0n) is 18.0. The van der Waals surface area contributed by atoms with Gasteiger partial charge >= 0.3 is 12.1 Å². The Labute approximate surface area is 177 Å². The molecular formula is C24H30N2O4. The average molecular weight is 411 g/mol. The van der Waals surface area contributed by atoms with Crippen LogP contribution in [0.4, 0.5) is 4.79 Å². The Kier molecular flexibility index (Phi) is 6.44. The summed E-state index contributed by atoms with van der Waals surface area (Å²) in [4.78, 5) is 30.4. The number of carboxylic acids is 1. The molecule has 1 aromatic heterocycles. The zero-order valence-corrected chi connectivity index (χ0v) is 18.0. The largest absolute Gasteiger partial charge is 0.478 e. The minimum Gasteiger partial charge on any atom is -0.478 e. The van der Waals surface area contributed by atoms with Gasteiger partial charge in [0.2, 0.25) is 0 Å². The molecule has 2 heterocycles. The van der Waals surface area contributed by atoms with E-state index in [2.05, 4.69) is 11.9 Å². The number of rotatable bonds is 5. The fraction of sp³-hybridized carbons (Fsp3) is 0.458. The van der Waals surface area contributed by atoms with Crippen LogP contribution >= 0.6 is 0 Å². The number of carboxylic acid groups (broad SMARTS) is 1. The molecule has 1 fully saturated rings. The predicted octanol–water partition coefficient (Wildman–Crippen LogP) is 4.89. The highest BCUT2D eigenvalue weighted by Crippen LogP contribution is 2.36. The van der Waals surface area contributed by atoms with Gasteiger partial charge in [-0.15, -0.1) is 0 Å². The van der Waals surface area contributed by atoms with E-state index in [4.69, 9.17) is 9.84 Å². The van der Waals surface area contributed by atoms with Gasteiger partial charge in [-0.1, -0.05) is 25.1 Å². The third kappa shape index (κ3) is 5.17. The molecule has 30 heavy (non-hydrogen) atoms. The summed E-state index contributed by atoms with van der Waals surface area (Å²) in [5, 5.41) is 9.11. The summed E-state index contributed by atoms with van der Waals surface area (Å²) in [5.74, 6) is -0.811. The number of nitrogens with zero attached hydrogens (tertiary/aromatic N) is 2. The molecule has 1 aromatic carbocycles. The highest BCUT2D eigenvalue weighted by molar-refractivity contribution is 5.87. The van der Waals surface area contributed by atoms with Crippen LogP contribution in [0.25, 0.3) is 0 Å². The first kappa shape index (κ1) is 21.8. The SMILES string of the molecule is C[C@H](c1cccnc1)[C@H]1CC[C@@H](Cc2ccc(C(=O)O)cc2)N1C(=O)OC(C)(C)C. The topological polar surface area (TPSA) is 79.7 Å². The van der Waals surface area contributed by atoms with Crippen LogP contribution in [0.2, 0.25) is 0 Å². The number of carbonyl (C=O) groups is 2. The number of amides is 1. The number of likely N-dealkylation sites (tertiary alicyclic amines) is 1. The number of pyridine rings is 1. The van der Waals surface area contributed by atoms with E-state index < -0.39 is 11.6 Å². The second-order valence-corrected chi connectivity index (χ2v) is 8.97. The summed E-state index contributed by atoms with van der Waals surface area (Å²) < 4.78 is 5.75. The van der Waals surface area contributed by atoms with Crippen molar-refractivity contribution in [3.63, 3.8) is 0 Å². The van der Waals surface area contributed by atoms with E-state index in [0.717, 1.165) is 24.0 Å². The molecule has 0 bridgehead atoms. The Morgan fingerprint density at radius 1 is 1.20 bits per heavy atom. The molecule has 0 spiro atoms. The molecule has 3 atom stereocenters. The molecule has 1 saturated heterocycles. The second kappa shape index (κ2) is 8.86. The average Bonchev–Trinajstić information content (AvgIpc) is 3.11. The molecule has 3 rings (SSSR count). The first-order valence-corrected chi connectivity index (χ1v) is 10.4. The van der Waals surface area contributed by atoms with E-state index >= 15 is 0 Å². The monoisotopic (exact) mass is 410 g/mol. The van der Waals surface area contributed by atoms with Crippen molar-refractivity contribution in [2.24, 2.45) is 0 Å². The molecule has 0 aliphatic carbocycles. The molecule has 0 radical (unpaired) electrons. The van der Waals surface area contributed by atoms with Gasteiger partial charge in [0.05, 0.1) is 5.56 Å². The van der Waals surface area contributed by atoms with Crippen LogP contribution in [-0.2, 0) is 11.2 Å². The van der Waals surface area contributed by atoms with Crippen LogP contribution in [0, 0.1) is 0 Å². The van der Waals surface area contributed by atoms with E-state index in [-0.39, 0.29) is 29.7 Å². The maximum atomic E-state index is 13.2. The number of aromatic nitrogens is 1. The van der Waals surface area contributed by atoms with E-state index in [1.54, 1.807) is 18.3 Å². The number of ether oxygens (including phenoxy) is 1. The Morgan fingerprint density at radius 3 is 2.47 bits per heavy atom. The highest BCUT2D eigenvalue weighted by atomic mass is 16.6. The van der Waals surface area contributed by atoms with Crippen molar-refractivity contribution >= 4 is 12.1 Å². The molecular weight excluding hydrogens is 380 g/mol. The standard InChI is InChI=1S/C24H30N2O4/c1-16(19-6-5-13-25-15-19)21-12-11-20(26(21)23(29)30-24(2,3)4)14-17-7-9-18(10-8-17)22(27)28/h5-10,13,15-16,20-21H,11-12,14H2,1-4H3,(H,27,28)/t16-,20+,21-/m1/s1. The summed E-state index contributed by atoms with van der Waals surface area (Å²) in [6.07, 6.45) is 5.72. The Bertz CT molecular complexity index is 874. The molecule has 160 valence electrons. The van der Waals surface area contributed by atoms with Gasteiger partial charge in [-0.2, -0.15) is 0 Å². The maximum Gasteiger partial charge on any atom is 0.410 e. The molecule has 1 aliphatic rings. The molecule has 0 saturated carbocycles. The van der Waals surface area contributed by atoms with Crippen molar-refractivity contribution in [1.82, 2.24) is 9.88 Å². The minimum atomic E-state index is -0.942. The van der Waals surface area contributed by atoms with Gasteiger partial charge in [-0.3, -0.25) is 4.98 Å². The smallest absolute Gasteiger partial charge is 0.410 e. The number of benzene rings is 1. The molecule has 2 aromatic rings. The van der Waals surface area contributed by atoms with Crippen LogP contribution in [0.1, 0.15) is 67.9 Å². The molecule has 1 N–H and O–H groups in total. The van der Waals surface area contributed by atoms with Crippen molar-refractivity contribution < 1.29 is 19.4 Å². The van der Waals surface area contributed by atoms with Crippen molar-refractivity contribution in [1.29, 1.82) is 0 Å². The first-order valence-electron chi connectivity index (χ1n) is 10.4. The summed E-state index contributed by atoms with van der Waals surface area (Å²) in [7, 11) is 0. The number of carbonyl (C=O) groups excluding carboxylic acids is 1. The third-order valence-corrected chi connectivity index (χ3v) is 5.61. The summed E-state index contributed by atoms with van der Waals surface area (Å²) in [6, 6.07) is 10.9. The summed E-state index contributed by atoms with van der Waals surface area (Å²) in [5.41, 5.74) is 1.79. The van der Waals surface area contributed by atoms with Gasteiger partial charge in [0, 0.05) is 30.4 Å². The quantitative estimate of drug-likeness (QED) is 0.759. The van der Waals surface area contributed by atoms with Gasteiger partial charge < -0.3 is 14.7 Å². The van der Waals surface area contributed by atoms with Crippen molar-refractivity contribution in [2.45, 2.75) is 70.6 Å². The lowest BCUT2D eigenvalue weighted by molar-refractivity contribution is 0.0126. The fourth-order valence-electron chi connectivity index (χ4n) is 4.13. The van der Waals surface area contributed by atoms with Gasteiger partial charge in [0.1, 0.15) is 5.60 Å². The minimum absolute atomic E-state index is 0.000325. The third-order valence-electron chi connectivity index (χ3n) is 5.61. The lowest BCUT2D eigenvalue weighted by Gasteiger charge is -2.35. The predicted molar refractivity (Wildman–Crippen MR) is 115 cm³/mol. The van der Waals surface area contributed by atoms with Gasteiger partial charge in [-0.25, -0.2) is 9.59 Å². The van der Waals surface area contributed by atoms with Crippen LogP contribution in [0.3, 0.4) is 0 Å². The molecule has 6 nitrogen and oxygen atoms in total. The van der Waals surface area contributed by atoms with E-state index in [0.29, 0.717) is 6.42 Å². The van der Waals surface area contributed by atoms with Crippen molar-refractivity contribution in [2.75, 3.05) is 0 Å². The normalized spacial score (nSPS) is 20.1. The molecule has 1 amide bonds. The van der Waals surface area contributed by atoms with Gasteiger partial charge in [-0.05, 0) is 69.4 Å². The van der Waals surface area contributed by atoms with E-state index in [1.807, 2.05) is 56.1 Å². The number of hydrogen-bond acceptors (Lipinski definition) is 4. The van der Waals surface area contributed by atoms with Crippen molar-refractivity contribution in [3.05, 3.63) is 65.5 Å². The summed E-state index contributed by atoms with van der Waals surface area (Å²) in [6.45, 7) is 7.75. The number of hydrogen-bond donors (Lipinski definition) is 1. The molecule has 0 unspecified atom stereocenters. The van der Waals surface area contributed by atoms with Crippen LogP contribution in [-0.4, -0.2) is 44.7 Å². The van der Waals surface area contributed by atoms with Crippen LogP contribution in [0.5, 0.6) is 0 Å². The molecule has 6 heteroatoms. The van der Waals surface area contributed by atoms with Crippen molar-refractivity contribution in [3.8, 4) is 0 Å². The van der Waals surface area contributed by atoms with E-state index in [1.165, 1.54) is 0 Å². The van der Waals surface area contributed by atoms with Gasteiger partial charge in [0.15, 0.2) is 0 Å². The van der Waals surface area contributed by atoms with Crippen LogP contribution < -0.4 is 0 Å². The highest BCUT2D eigenvalue weighted by Gasteiger charge is 2.42. The zero-order chi connectivity index (χ0) is 21.9. The summed E-state index contributed by atoms with van der Waals surface area (Å²) >= 11 is 0. The second-order valence-electron chi connectivity index (χ2n) is 8.97. The van der Waals surface area contributed by atoms with E-state index in [9.17, 15) is 9.59 Å². The maximum absolute atomic E-state index is 13.2. The fourth-order valence-corrected chi connectivity index (χ4v) is 4.13. The first-order chi connectivity index (χ1) is 14.2.